The number of hydrogen-bond acceptors (Lipinski definition) is 4. The van der Waals surface area contributed by atoms with Crippen molar-refractivity contribution in [2.45, 2.75) is 25.6 Å². The van der Waals surface area contributed by atoms with E-state index in [4.69, 9.17) is 14.2 Å². The normalized spacial score (nSPS) is 15.9. The second-order valence-electron chi connectivity index (χ2n) is 5.03. The highest BCUT2D eigenvalue weighted by atomic mass is 16.5. The largest absolute Gasteiger partial charge is 0.383 e. The van der Waals surface area contributed by atoms with Crippen LogP contribution in [0.2, 0.25) is 0 Å². The number of carbonyl (C=O) groups excluding carboxylic acids is 1. The van der Waals surface area contributed by atoms with E-state index < -0.39 is 0 Å². The third-order valence-corrected chi connectivity index (χ3v) is 3.50. The van der Waals surface area contributed by atoms with E-state index in [2.05, 4.69) is 5.32 Å². The molecule has 0 aliphatic carbocycles. The van der Waals surface area contributed by atoms with Crippen LogP contribution in [0.15, 0.2) is 24.3 Å². The molecule has 0 bridgehead atoms. The first-order chi connectivity index (χ1) is 10.3. The van der Waals surface area contributed by atoms with Gasteiger partial charge in [-0.25, -0.2) is 0 Å². The maximum absolute atomic E-state index is 12.1. The smallest absolute Gasteiger partial charge is 0.251 e. The van der Waals surface area contributed by atoms with Crippen LogP contribution in [0.1, 0.15) is 28.8 Å². The average molecular weight is 293 g/mol. The van der Waals surface area contributed by atoms with Crippen LogP contribution in [0.25, 0.3) is 0 Å². The number of rotatable bonds is 7. The van der Waals surface area contributed by atoms with Gasteiger partial charge in [-0.2, -0.15) is 0 Å². The summed E-state index contributed by atoms with van der Waals surface area (Å²) in [6, 6.07) is 7.55. The first kappa shape index (κ1) is 15.9. The lowest BCUT2D eigenvalue weighted by atomic mass is 10.1. The van der Waals surface area contributed by atoms with E-state index >= 15 is 0 Å². The minimum absolute atomic E-state index is 0.0850. The Labute approximate surface area is 125 Å². The van der Waals surface area contributed by atoms with Crippen molar-refractivity contribution in [2.75, 3.05) is 33.5 Å². The van der Waals surface area contributed by atoms with E-state index in [0.717, 1.165) is 31.6 Å². The number of methoxy groups -OCH3 is 1. The molecule has 5 nitrogen and oxygen atoms in total. The summed E-state index contributed by atoms with van der Waals surface area (Å²) in [5.74, 6) is -0.0850. The molecule has 5 heteroatoms. The lowest BCUT2D eigenvalue weighted by molar-refractivity contribution is -0.0392. The van der Waals surface area contributed by atoms with Crippen molar-refractivity contribution in [3.8, 4) is 0 Å². The van der Waals surface area contributed by atoms with Crippen molar-refractivity contribution in [3.05, 3.63) is 35.4 Å². The number of ether oxygens (including phenoxy) is 3. The molecule has 2 rings (SSSR count). The molecule has 0 atom stereocenters. The van der Waals surface area contributed by atoms with E-state index in [1.54, 1.807) is 7.11 Å². The molecule has 0 unspecified atom stereocenters. The Morgan fingerprint density at radius 2 is 2.10 bits per heavy atom. The van der Waals surface area contributed by atoms with E-state index in [9.17, 15) is 4.79 Å². The van der Waals surface area contributed by atoms with Crippen molar-refractivity contribution in [1.82, 2.24) is 5.32 Å². The van der Waals surface area contributed by atoms with E-state index in [1.165, 1.54) is 0 Å². The Balaban J connectivity index is 1.90. The molecule has 1 fully saturated rings. The first-order valence-electron chi connectivity index (χ1n) is 7.35. The van der Waals surface area contributed by atoms with Crippen LogP contribution in [-0.2, 0) is 20.8 Å². The number of nitrogens with one attached hydrogen (secondary N) is 1. The SMILES string of the molecule is COCCNC(=O)c1ccccc1COC1CCOCC1. The fourth-order valence-electron chi connectivity index (χ4n) is 2.28. The van der Waals surface area contributed by atoms with Gasteiger partial charge in [0.15, 0.2) is 0 Å². The van der Waals surface area contributed by atoms with E-state index in [0.29, 0.717) is 25.3 Å². The van der Waals surface area contributed by atoms with Gasteiger partial charge in [-0.1, -0.05) is 18.2 Å². The Hall–Kier alpha value is -1.43. The second-order valence-corrected chi connectivity index (χ2v) is 5.03. The van der Waals surface area contributed by atoms with Crippen LogP contribution in [0, 0.1) is 0 Å². The van der Waals surface area contributed by atoms with Crippen LogP contribution >= 0.6 is 0 Å². The fourth-order valence-corrected chi connectivity index (χ4v) is 2.28. The van der Waals surface area contributed by atoms with Gasteiger partial charge in [0.05, 0.1) is 19.3 Å². The number of hydrogen-bond donors (Lipinski definition) is 1. The van der Waals surface area contributed by atoms with Crippen molar-refractivity contribution in [2.24, 2.45) is 0 Å². The third kappa shape index (κ3) is 5.12. The summed E-state index contributed by atoms with van der Waals surface area (Å²) in [4.78, 5) is 12.1. The zero-order valence-corrected chi connectivity index (χ0v) is 12.5. The van der Waals surface area contributed by atoms with Gasteiger partial charge in [0, 0.05) is 32.4 Å². The zero-order chi connectivity index (χ0) is 14.9. The molecule has 1 heterocycles. The predicted octanol–water partition coefficient (Wildman–Crippen LogP) is 1.76. The summed E-state index contributed by atoms with van der Waals surface area (Å²) >= 11 is 0. The summed E-state index contributed by atoms with van der Waals surface area (Å²) in [6.45, 7) is 2.98. The van der Waals surface area contributed by atoms with Crippen LogP contribution in [0.4, 0.5) is 0 Å². The highest BCUT2D eigenvalue weighted by molar-refractivity contribution is 5.95. The van der Waals surface area contributed by atoms with Crippen LogP contribution in [0.3, 0.4) is 0 Å². The molecule has 1 amide bonds. The summed E-state index contributed by atoms with van der Waals surface area (Å²) in [6.07, 6.45) is 2.06. The lowest BCUT2D eigenvalue weighted by Crippen LogP contribution is -2.28. The quantitative estimate of drug-likeness (QED) is 0.778. The van der Waals surface area contributed by atoms with Gasteiger partial charge < -0.3 is 19.5 Å². The Morgan fingerprint density at radius 3 is 2.86 bits per heavy atom. The molecule has 0 saturated carbocycles. The van der Waals surface area contributed by atoms with Crippen molar-refractivity contribution < 1.29 is 19.0 Å². The molecule has 1 aliphatic heterocycles. The highest BCUT2D eigenvalue weighted by Crippen LogP contribution is 2.16. The topological polar surface area (TPSA) is 56.8 Å². The molecule has 1 saturated heterocycles. The number of carbonyl (C=O) groups is 1. The molecule has 21 heavy (non-hydrogen) atoms. The summed E-state index contributed by atoms with van der Waals surface area (Å²) in [7, 11) is 1.61. The maximum atomic E-state index is 12.1. The van der Waals surface area contributed by atoms with Gasteiger partial charge >= 0.3 is 0 Å². The van der Waals surface area contributed by atoms with E-state index in [1.807, 2.05) is 24.3 Å². The monoisotopic (exact) mass is 293 g/mol. The molecule has 1 aromatic rings. The van der Waals surface area contributed by atoms with Gasteiger partial charge in [-0.05, 0) is 24.5 Å². The summed E-state index contributed by atoms with van der Waals surface area (Å²) in [5, 5.41) is 2.84. The van der Waals surface area contributed by atoms with Gasteiger partial charge in [0.25, 0.3) is 5.91 Å². The molecular formula is C16H23NO4. The number of benzene rings is 1. The molecule has 116 valence electrons. The Bertz CT molecular complexity index is 444. The first-order valence-corrected chi connectivity index (χ1v) is 7.35. The van der Waals surface area contributed by atoms with Crippen LogP contribution in [0.5, 0.6) is 0 Å². The van der Waals surface area contributed by atoms with Gasteiger partial charge in [-0.3, -0.25) is 4.79 Å². The summed E-state index contributed by atoms with van der Waals surface area (Å²) in [5.41, 5.74) is 1.58. The maximum Gasteiger partial charge on any atom is 0.251 e. The fraction of sp³-hybridized carbons (Fsp3) is 0.562. The van der Waals surface area contributed by atoms with Crippen molar-refractivity contribution >= 4 is 5.91 Å². The standard InChI is InChI=1S/C16H23NO4/c1-19-11-8-17-16(18)15-5-3-2-4-13(15)12-21-14-6-9-20-10-7-14/h2-5,14H,6-12H2,1H3,(H,17,18). The zero-order valence-electron chi connectivity index (χ0n) is 12.5. The molecule has 1 N–H and O–H groups in total. The van der Waals surface area contributed by atoms with Crippen LogP contribution < -0.4 is 5.32 Å². The highest BCUT2D eigenvalue weighted by Gasteiger charge is 2.16. The molecule has 0 radical (unpaired) electrons. The van der Waals surface area contributed by atoms with Crippen LogP contribution in [-0.4, -0.2) is 45.5 Å². The molecule has 1 aromatic carbocycles. The second kappa shape index (κ2) is 8.77. The predicted molar refractivity (Wildman–Crippen MR) is 79.3 cm³/mol. The molecule has 1 aliphatic rings. The van der Waals surface area contributed by atoms with Crippen molar-refractivity contribution in [3.63, 3.8) is 0 Å². The minimum atomic E-state index is -0.0850. The third-order valence-electron chi connectivity index (χ3n) is 3.50. The van der Waals surface area contributed by atoms with Gasteiger partial charge in [-0.15, -0.1) is 0 Å². The molecule has 0 spiro atoms. The molecular weight excluding hydrogens is 270 g/mol. The summed E-state index contributed by atoms with van der Waals surface area (Å²) < 4.78 is 16.1. The van der Waals surface area contributed by atoms with Crippen molar-refractivity contribution in [1.29, 1.82) is 0 Å². The van der Waals surface area contributed by atoms with E-state index in [-0.39, 0.29) is 12.0 Å². The van der Waals surface area contributed by atoms with Gasteiger partial charge in [0.1, 0.15) is 0 Å². The average Bonchev–Trinajstić information content (AvgIpc) is 2.54. The molecule has 0 aromatic heterocycles. The minimum Gasteiger partial charge on any atom is -0.383 e. The lowest BCUT2D eigenvalue weighted by Gasteiger charge is -2.22. The Morgan fingerprint density at radius 1 is 1.33 bits per heavy atom. The van der Waals surface area contributed by atoms with Gasteiger partial charge in [0.2, 0.25) is 0 Å². The number of amides is 1. The Kier molecular flexibility index (Phi) is 6.66.